The summed E-state index contributed by atoms with van der Waals surface area (Å²) < 4.78 is 0. The van der Waals surface area contributed by atoms with Crippen LogP contribution in [0, 0.1) is 0 Å². The van der Waals surface area contributed by atoms with Crippen molar-refractivity contribution < 1.29 is 4.79 Å². The first kappa shape index (κ1) is 17.6. The maximum Gasteiger partial charge on any atom is 0.332 e. The van der Waals surface area contributed by atoms with E-state index in [1.165, 1.54) is 0 Å². The van der Waals surface area contributed by atoms with Crippen molar-refractivity contribution in [3.8, 4) is 0 Å². The van der Waals surface area contributed by atoms with Crippen molar-refractivity contribution in [1.82, 2.24) is 0 Å². The van der Waals surface area contributed by atoms with Crippen LogP contribution in [0.2, 0.25) is 0 Å². The molecule has 0 saturated carbocycles. The van der Waals surface area contributed by atoms with Crippen LogP contribution in [0.3, 0.4) is 0 Å². The molecule has 0 aliphatic rings. The second kappa shape index (κ2) is 6.91. The van der Waals surface area contributed by atoms with E-state index in [9.17, 15) is 5.53 Å². The lowest BCUT2D eigenvalue weighted by Gasteiger charge is -2.12. The van der Waals surface area contributed by atoms with Gasteiger partial charge in [-0.2, -0.15) is 4.79 Å². The maximum absolute atomic E-state index is 10.5. The van der Waals surface area contributed by atoms with Gasteiger partial charge in [0.15, 0.2) is 0 Å². The summed E-state index contributed by atoms with van der Waals surface area (Å²) in [7, 11) is 0. The molecule has 0 spiro atoms. The molecule has 0 aliphatic heterocycles. The number of nitrogens with zero attached hydrogens (tertiary/aromatic N) is 2. The molecule has 0 aromatic heterocycles. The Morgan fingerprint density at radius 2 is 0.742 bits per heavy atom. The summed E-state index contributed by atoms with van der Waals surface area (Å²) >= 11 is 0. The highest BCUT2D eigenvalue weighted by Gasteiger charge is 2.25. The first-order valence-electron chi connectivity index (χ1n) is 10.4. The maximum atomic E-state index is 10.5. The number of fused-ring (bicyclic) bond motifs is 4. The number of hydrogen-bond donors (Lipinski definition) is 0. The van der Waals surface area contributed by atoms with Gasteiger partial charge in [-0.3, -0.25) is 0 Å². The molecule has 6 rings (SSSR count). The van der Waals surface area contributed by atoms with Gasteiger partial charge in [0.1, 0.15) is 0 Å². The van der Waals surface area contributed by atoms with Crippen molar-refractivity contribution in [3.63, 3.8) is 0 Å². The Labute approximate surface area is 179 Å². The van der Waals surface area contributed by atoms with E-state index in [0.717, 1.165) is 54.2 Å². The zero-order chi connectivity index (χ0) is 20.8. The van der Waals surface area contributed by atoms with Crippen LogP contribution in [0.4, 0.5) is 0 Å². The zero-order valence-corrected chi connectivity index (χ0v) is 16.8. The third-order valence-electron chi connectivity index (χ3n) is 6.12. The molecule has 0 bridgehead atoms. The van der Waals surface area contributed by atoms with E-state index in [2.05, 4.69) is 65.5 Å². The van der Waals surface area contributed by atoms with Crippen LogP contribution in [-0.4, -0.2) is 10.5 Å². The molecular weight excluding hydrogens is 376 g/mol. The van der Waals surface area contributed by atoms with Crippen LogP contribution in [0.1, 0.15) is 11.1 Å². The summed E-state index contributed by atoms with van der Waals surface area (Å²) in [5.74, 6) is 0. The van der Waals surface area contributed by atoms with E-state index in [4.69, 9.17) is 0 Å². The van der Waals surface area contributed by atoms with E-state index in [-0.39, 0.29) is 0 Å². The number of rotatable bonds is 2. The molecule has 2 nitrogen and oxygen atoms in total. The van der Waals surface area contributed by atoms with Gasteiger partial charge in [-0.15, -0.1) is 0 Å². The predicted octanol–water partition coefficient (Wildman–Crippen LogP) is 7.37. The summed E-state index contributed by atoms with van der Waals surface area (Å²) in [6, 6.07) is 37.6. The molecule has 0 amide bonds. The van der Waals surface area contributed by atoms with Gasteiger partial charge in [0.05, 0.1) is 11.1 Å². The zero-order valence-electron chi connectivity index (χ0n) is 16.8. The van der Waals surface area contributed by atoms with Gasteiger partial charge in [-0.05, 0) is 55.2 Å². The van der Waals surface area contributed by atoms with Crippen molar-refractivity contribution in [2.45, 2.75) is 0 Å². The molecule has 0 atom stereocenters. The van der Waals surface area contributed by atoms with Gasteiger partial charge in [-0.25, -0.2) is 0 Å². The van der Waals surface area contributed by atoms with E-state index in [1.807, 2.05) is 48.5 Å². The SMILES string of the molecule is [N-]=[N+]=C(c1c2ccccc2cc2ccccc12)c1c2ccccc2cc2ccccc12. The van der Waals surface area contributed by atoms with Gasteiger partial charge >= 0.3 is 5.71 Å². The molecule has 31 heavy (non-hydrogen) atoms. The van der Waals surface area contributed by atoms with Crippen LogP contribution in [0.15, 0.2) is 109 Å². The second-order valence-corrected chi connectivity index (χ2v) is 7.84. The number of benzene rings is 6. The van der Waals surface area contributed by atoms with Gasteiger partial charge in [-0.1, -0.05) is 97.1 Å². The largest absolute Gasteiger partial charge is 0.361 e. The van der Waals surface area contributed by atoms with Crippen LogP contribution >= 0.6 is 0 Å². The molecular formula is C29H18N2. The quantitative estimate of drug-likeness (QED) is 0.127. The Bertz CT molecular complexity index is 1460. The van der Waals surface area contributed by atoms with Crippen molar-refractivity contribution in [1.29, 1.82) is 0 Å². The Morgan fingerprint density at radius 1 is 0.452 bits per heavy atom. The minimum atomic E-state index is 0.598. The number of hydrogen-bond acceptors (Lipinski definition) is 0. The Kier molecular flexibility index (Phi) is 3.92. The van der Waals surface area contributed by atoms with Gasteiger partial charge in [0.2, 0.25) is 0 Å². The normalized spacial score (nSPS) is 11.2. The molecule has 0 N–H and O–H groups in total. The lowest BCUT2D eigenvalue weighted by Crippen LogP contribution is -2.08. The van der Waals surface area contributed by atoms with Gasteiger partial charge < -0.3 is 5.53 Å². The third kappa shape index (κ3) is 2.67. The standard InChI is InChI=1S/C29H18N2/c30-31-29(27-23-13-5-1-9-19(23)17-20-10-2-6-14-24(20)27)28-25-15-7-3-11-21(25)18-22-12-4-8-16-26(22)28/h1-18H. The molecule has 0 fully saturated rings. The molecule has 2 heteroatoms. The van der Waals surface area contributed by atoms with E-state index < -0.39 is 0 Å². The van der Waals surface area contributed by atoms with E-state index in [0.29, 0.717) is 5.71 Å². The monoisotopic (exact) mass is 394 g/mol. The van der Waals surface area contributed by atoms with Crippen molar-refractivity contribution in [2.75, 3.05) is 0 Å². The molecule has 0 aliphatic carbocycles. The van der Waals surface area contributed by atoms with Crippen LogP contribution in [-0.2, 0) is 0 Å². The first-order chi connectivity index (χ1) is 15.3. The Hall–Kier alpha value is -4.26. The average Bonchev–Trinajstić information content (AvgIpc) is 2.83. The lowest BCUT2D eigenvalue weighted by molar-refractivity contribution is -0.00233. The summed E-state index contributed by atoms with van der Waals surface area (Å²) in [5.41, 5.74) is 13.0. The van der Waals surface area contributed by atoms with Crippen LogP contribution in [0.5, 0.6) is 0 Å². The van der Waals surface area contributed by atoms with E-state index in [1.54, 1.807) is 0 Å². The molecule has 6 aromatic rings. The summed E-state index contributed by atoms with van der Waals surface area (Å²) in [5, 5.41) is 8.81. The third-order valence-corrected chi connectivity index (χ3v) is 6.12. The van der Waals surface area contributed by atoms with Crippen LogP contribution < -0.4 is 0 Å². The summed E-state index contributed by atoms with van der Waals surface area (Å²) in [6.07, 6.45) is 0. The van der Waals surface area contributed by atoms with Gasteiger partial charge in [0.25, 0.3) is 0 Å². The van der Waals surface area contributed by atoms with Gasteiger partial charge in [0, 0.05) is 0 Å². The second-order valence-electron chi connectivity index (χ2n) is 7.84. The lowest BCUT2D eigenvalue weighted by atomic mass is 9.87. The first-order valence-corrected chi connectivity index (χ1v) is 10.4. The van der Waals surface area contributed by atoms with Crippen molar-refractivity contribution >= 4 is 48.8 Å². The summed E-state index contributed by atoms with van der Waals surface area (Å²) in [6.45, 7) is 0. The minimum absolute atomic E-state index is 0.598. The van der Waals surface area contributed by atoms with Crippen molar-refractivity contribution in [2.24, 2.45) is 0 Å². The molecule has 0 saturated heterocycles. The fourth-order valence-electron chi connectivity index (χ4n) is 4.76. The predicted molar refractivity (Wildman–Crippen MR) is 130 cm³/mol. The Morgan fingerprint density at radius 3 is 1.03 bits per heavy atom. The fourth-order valence-corrected chi connectivity index (χ4v) is 4.76. The fraction of sp³-hybridized carbons (Fsp3) is 0. The summed E-state index contributed by atoms with van der Waals surface area (Å²) in [4.78, 5) is 3.95. The molecule has 144 valence electrons. The average molecular weight is 394 g/mol. The van der Waals surface area contributed by atoms with E-state index >= 15 is 0 Å². The van der Waals surface area contributed by atoms with Crippen LogP contribution in [0.25, 0.3) is 48.6 Å². The molecule has 0 unspecified atom stereocenters. The molecule has 0 heterocycles. The highest BCUT2D eigenvalue weighted by molar-refractivity contribution is 6.31. The molecule has 6 aromatic carbocycles. The Balaban J connectivity index is 1.84. The highest BCUT2D eigenvalue weighted by Crippen LogP contribution is 2.35. The minimum Gasteiger partial charge on any atom is -0.361 e. The smallest absolute Gasteiger partial charge is 0.332 e. The highest BCUT2D eigenvalue weighted by atomic mass is 14.9. The molecule has 0 radical (unpaired) electrons. The van der Waals surface area contributed by atoms with Crippen molar-refractivity contribution in [3.05, 3.63) is 126 Å². The topological polar surface area (TPSA) is 36.4 Å².